The van der Waals surface area contributed by atoms with Crippen LogP contribution in [-0.4, -0.2) is 64.7 Å². The smallest absolute Gasteiger partial charge is 0.253 e. The van der Waals surface area contributed by atoms with Crippen LogP contribution >= 0.6 is 0 Å². The maximum atomic E-state index is 13.0. The van der Waals surface area contributed by atoms with Gasteiger partial charge in [0.25, 0.3) is 5.91 Å². The molecule has 33 heavy (non-hydrogen) atoms. The summed E-state index contributed by atoms with van der Waals surface area (Å²) in [6.45, 7) is 1.83. The molecule has 1 aromatic heterocycles. The van der Waals surface area contributed by atoms with Crippen LogP contribution in [0.25, 0.3) is 11.0 Å². The average molecular weight is 462 g/mol. The van der Waals surface area contributed by atoms with Crippen molar-refractivity contribution in [2.24, 2.45) is 0 Å². The molecule has 8 nitrogen and oxygen atoms in total. The minimum atomic E-state index is -3.54. The standard InChI is InChI=1S/C24H23N5O3S/c30-24(27-14-16-28(17-15-27)33(31,32)21-6-2-1-3-7-21)20-12-10-19(11-13-20)18-29-23-9-5-4-8-22(23)25-26-29/h1-13H,14-18H2. The lowest BCUT2D eigenvalue weighted by Gasteiger charge is -2.34. The lowest BCUT2D eigenvalue weighted by atomic mass is 10.1. The largest absolute Gasteiger partial charge is 0.336 e. The molecule has 0 spiro atoms. The second-order valence-corrected chi connectivity index (χ2v) is 9.88. The molecule has 168 valence electrons. The average Bonchev–Trinajstić information content (AvgIpc) is 3.27. The normalized spacial score (nSPS) is 15.1. The van der Waals surface area contributed by atoms with E-state index in [4.69, 9.17) is 0 Å². The van der Waals surface area contributed by atoms with E-state index in [2.05, 4.69) is 10.3 Å². The Labute approximate surface area is 192 Å². The third kappa shape index (κ3) is 4.24. The highest BCUT2D eigenvalue weighted by Gasteiger charge is 2.30. The van der Waals surface area contributed by atoms with E-state index in [1.807, 2.05) is 53.2 Å². The summed E-state index contributed by atoms with van der Waals surface area (Å²) in [5.74, 6) is -0.0930. The third-order valence-corrected chi connectivity index (χ3v) is 7.77. The Morgan fingerprint density at radius 1 is 0.818 bits per heavy atom. The molecular formula is C24H23N5O3S. The van der Waals surface area contributed by atoms with Gasteiger partial charge in [-0.3, -0.25) is 4.79 Å². The lowest BCUT2D eigenvalue weighted by Crippen LogP contribution is -2.50. The van der Waals surface area contributed by atoms with Crippen molar-refractivity contribution in [1.29, 1.82) is 0 Å². The van der Waals surface area contributed by atoms with Crippen molar-refractivity contribution in [1.82, 2.24) is 24.2 Å². The second kappa shape index (κ2) is 8.76. The highest BCUT2D eigenvalue weighted by Crippen LogP contribution is 2.19. The van der Waals surface area contributed by atoms with E-state index in [1.54, 1.807) is 35.2 Å². The van der Waals surface area contributed by atoms with Crippen molar-refractivity contribution >= 4 is 27.0 Å². The summed E-state index contributed by atoms with van der Waals surface area (Å²) in [5.41, 5.74) is 3.40. The van der Waals surface area contributed by atoms with E-state index in [-0.39, 0.29) is 23.9 Å². The zero-order chi connectivity index (χ0) is 22.8. The molecule has 2 heterocycles. The number of fused-ring (bicyclic) bond motifs is 1. The topological polar surface area (TPSA) is 88.4 Å². The molecule has 1 aliphatic heterocycles. The quantitative estimate of drug-likeness (QED) is 0.456. The Balaban J connectivity index is 1.22. The number of benzene rings is 3. The number of nitrogens with zero attached hydrogens (tertiary/aromatic N) is 5. The van der Waals surface area contributed by atoms with Crippen LogP contribution in [0.1, 0.15) is 15.9 Å². The van der Waals surface area contributed by atoms with Crippen LogP contribution < -0.4 is 0 Å². The fourth-order valence-electron chi connectivity index (χ4n) is 4.02. The van der Waals surface area contributed by atoms with Crippen LogP contribution in [0.5, 0.6) is 0 Å². The van der Waals surface area contributed by atoms with Gasteiger partial charge in [0.1, 0.15) is 5.52 Å². The second-order valence-electron chi connectivity index (χ2n) is 7.94. The molecule has 1 aliphatic rings. The number of aromatic nitrogens is 3. The van der Waals surface area contributed by atoms with Crippen molar-refractivity contribution < 1.29 is 13.2 Å². The first-order chi connectivity index (χ1) is 16.0. The van der Waals surface area contributed by atoms with Gasteiger partial charge >= 0.3 is 0 Å². The predicted molar refractivity (Wildman–Crippen MR) is 124 cm³/mol. The van der Waals surface area contributed by atoms with E-state index in [1.165, 1.54) is 4.31 Å². The number of carbonyl (C=O) groups excluding carboxylic acids is 1. The summed E-state index contributed by atoms with van der Waals surface area (Å²) in [7, 11) is -3.54. The van der Waals surface area contributed by atoms with Gasteiger partial charge in [-0.2, -0.15) is 4.31 Å². The molecule has 0 saturated carbocycles. The van der Waals surface area contributed by atoms with Crippen LogP contribution in [0.2, 0.25) is 0 Å². The summed E-state index contributed by atoms with van der Waals surface area (Å²) in [6.07, 6.45) is 0. The first-order valence-electron chi connectivity index (χ1n) is 10.7. The Kier molecular flexibility index (Phi) is 5.65. The molecule has 0 atom stereocenters. The number of para-hydroxylation sites is 1. The number of hydrogen-bond donors (Lipinski definition) is 0. The summed E-state index contributed by atoms with van der Waals surface area (Å²) in [4.78, 5) is 14.9. The lowest BCUT2D eigenvalue weighted by molar-refractivity contribution is 0.0698. The van der Waals surface area contributed by atoms with Crippen LogP contribution in [-0.2, 0) is 16.6 Å². The number of hydrogen-bond acceptors (Lipinski definition) is 5. The minimum absolute atomic E-state index is 0.0930. The highest BCUT2D eigenvalue weighted by atomic mass is 32.2. The van der Waals surface area contributed by atoms with Gasteiger partial charge in [0.2, 0.25) is 10.0 Å². The van der Waals surface area contributed by atoms with E-state index in [0.29, 0.717) is 25.2 Å². The van der Waals surface area contributed by atoms with Crippen molar-refractivity contribution in [3.8, 4) is 0 Å². The van der Waals surface area contributed by atoms with Crippen molar-refractivity contribution in [3.05, 3.63) is 90.0 Å². The molecule has 1 fully saturated rings. The zero-order valence-corrected chi connectivity index (χ0v) is 18.7. The van der Waals surface area contributed by atoms with Crippen LogP contribution in [0.3, 0.4) is 0 Å². The van der Waals surface area contributed by atoms with E-state index in [9.17, 15) is 13.2 Å². The molecule has 1 amide bonds. The van der Waals surface area contributed by atoms with Crippen LogP contribution in [0, 0.1) is 0 Å². The number of sulfonamides is 1. The molecule has 0 radical (unpaired) electrons. The van der Waals surface area contributed by atoms with E-state index < -0.39 is 10.0 Å². The highest BCUT2D eigenvalue weighted by molar-refractivity contribution is 7.89. The van der Waals surface area contributed by atoms with Crippen molar-refractivity contribution in [2.75, 3.05) is 26.2 Å². The van der Waals surface area contributed by atoms with Gasteiger partial charge in [-0.15, -0.1) is 5.10 Å². The first kappa shape index (κ1) is 21.3. The fourth-order valence-corrected chi connectivity index (χ4v) is 5.46. The minimum Gasteiger partial charge on any atom is -0.336 e. The van der Waals surface area contributed by atoms with Gasteiger partial charge < -0.3 is 4.90 Å². The molecule has 0 unspecified atom stereocenters. The van der Waals surface area contributed by atoms with Gasteiger partial charge in [-0.25, -0.2) is 13.1 Å². The molecule has 9 heteroatoms. The molecule has 4 aromatic rings. The van der Waals surface area contributed by atoms with E-state index >= 15 is 0 Å². The molecule has 1 saturated heterocycles. The summed E-state index contributed by atoms with van der Waals surface area (Å²) < 4.78 is 28.9. The van der Waals surface area contributed by atoms with Gasteiger partial charge in [-0.1, -0.05) is 47.7 Å². The van der Waals surface area contributed by atoms with Crippen molar-refractivity contribution in [2.45, 2.75) is 11.4 Å². The fraction of sp³-hybridized carbons (Fsp3) is 0.208. The Bertz CT molecular complexity index is 1380. The Morgan fingerprint density at radius 3 is 2.21 bits per heavy atom. The van der Waals surface area contributed by atoms with Crippen LogP contribution in [0.15, 0.2) is 83.8 Å². The zero-order valence-electron chi connectivity index (χ0n) is 17.9. The van der Waals surface area contributed by atoms with Gasteiger partial charge in [0, 0.05) is 31.7 Å². The summed E-state index contributed by atoms with van der Waals surface area (Å²) in [6, 6.07) is 23.6. The van der Waals surface area contributed by atoms with E-state index in [0.717, 1.165) is 16.6 Å². The van der Waals surface area contributed by atoms with Crippen LogP contribution in [0.4, 0.5) is 0 Å². The maximum absolute atomic E-state index is 13.0. The molecular weight excluding hydrogens is 438 g/mol. The predicted octanol–water partition coefficient (Wildman–Crippen LogP) is 2.63. The Hall–Kier alpha value is -3.56. The molecule has 0 aliphatic carbocycles. The maximum Gasteiger partial charge on any atom is 0.253 e. The Morgan fingerprint density at radius 2 is 1.48 bits per heavy atom. The molecule has 3 aromatic carbocycles. The first-order valence-corrected chi connectivity index (χ1v) is 12.2. The summed E-state index contributed by atoms with van der Waals surface area (Å²) >= 11 is 0. The molecule has 0 bridgehead atoms. The molecule has 0 N–H and O–H groups in total. The number of rotatable bonds is 5. The summed E-state index contributed by atoms with van der Waals surface area (Å²) in [5, 5.41) is 8.38. The van der Waals surface area contributed by atoms with Gasteiger partial charge in [-0.05, 0) is 42.0 Å². The SMILES string of the molecule is O=C(c1ccc(Cn2nnc3ccccc32)cc1)N1CCN(S(=O)(=O)c2ccccc2)CC1. The third-order valence-electron chi connectivity index (χ3n) is 5.86. The number of amides is 1. The molecule has 5 rings (SSSR count). The van der Waals surface area contributed by atoms with Gasteiger partial charge in [0.15, 0.2) is 0 Å². The number of piperazine rings is 1. The monoisotopic (exact) mass is 461 g/mol. The number of carbonyl (C=O) groups is 1. The van der Waals surface area contributed by atoms with Crippen molar-refractivity contribution in [3.63, 3.8) is 0 Å². The van der Waals surface area contributed by atoms with Gasteiger partial charge in [0.05, 0.1) is 17.0 Å².